The molecule has 1 unspecified atom stereocenters. The maximum atomic E-state index is 2.50. The molecule has 0 saturated heterocycles. The van der Waals surface area contributed by atoms with Gasteiger partial charge in [-0.25, -0.2) is 0 Å². The maximum absolute atomic E-state index is 2.50. The third-order valence-electron chi connectivity index (χ3n) is 2.37. The summed E-state index contributed by atoms with van der Waals surface area (Å²) < 4.78 is 0. The van der Waals surface area contributed by atoms with Gasteiger partial charge >= 0.3 is 0 Å². The maximum Gasteiger partial charge on any atom is 0.218 e. The fourth-order valence-corrected chi connectivity index (χ4v) is 1.73. The number of hydrogen-bond donors (Lipinski definition) is 0. The molecule has 1 atom stereocenters. The highest BCUT2D eigenvalue weighted by atomic mass is 15.3. The summed E-state index contributed by atoms with van der Waals surface area (Å²) in [6.45, 7) is 11.9. The zero-order valence-corrected chi connectivity index (χ0v) is 9.63. The van der Waals surface area contributed by atoms with Gasteiger partial charge in [0.15, 0.2) is 0 Å². The van der Waals surface area contributed by atoms with E-state index in [1.807, 2.05) is 0 Å². The average molecular weight is 170 g/mol. The van der Waals surface area contributed by atoms with Crippen LogP contribution in [-0.4, -0.2) is 42.9 Å². The quantitative estimate of drug-likeness (QED) is 0.469. The fraction of sp³-hybridized carbons (Fsp3) is 1.00. The van der Waals surface area contributed by atoms with Gasteiger partial charge in [-0.2, -0.15) is 0 Å². The lowest BCUT2D eigenvalue weighted by Gasteiger charge is -2.38. The Morgan fingerprint density at radius 1 is 1.00 bits per heavy atom. The van der Waals surface area contributed by atoms with E-state index in [9.17, 15) is 0 Å². The van der Waals surface area contributed by atoms with Crippen molar-refractivity contribution in [3.05, 3.63) is 0 Å². The molecule has 72 valence electrons. The summed E-state index contributed by atoms with van der Waals surface area (Å²) in [6, 6.07) is 0.613. The van der Waals surface area contributed by atoms with E-state index >= 15 is 0 Å². The molecule has 0 fully saturated rings. The van der Waals surface area contributed by atoms with Crippen LogP contribution in [0.4, 0.5) is 0 Å². The van der Waals surface area contributed by atoms with Crippen LogP contribution in [0.3, 0.4) is 0 Å². The van der Waals surface area contributed by atoms with Crippen LogP contribution < -0.4 is 0 Å². The van der Waals surface area contributed by atoms with Crippen LogP contribution in [0, 0.1) is 0 Å². The number of rotatable bonds is 4. The Morgan fingerprint density at radius 2 is 1.42 bits per heavy atom. The van der Waals surface area contributed by atoms with E-state index in [4.69, 9.17) is 0 Å². The molecule has 0 amide bonds. The molecule has 0 aliphatic carbocycles. The summed E-state index contributed by atoms with van der Waals surface area (Å²) in [7, 11) is 4.25. The normalized spacial score (nSPS) is 14.5. The summed E-state index contributed by atoms with van der Waals surface area (Å²) in [5.74, 6) is 0. The molecule has 0 bridgehead atoms. The van der Waals surface area contributed by atoms with Crippen LogP contribution in [0.25, 0.3) is 0 Å². The topological polar surface area (TPSA) is 6.48 Å². The summed E-state index contributed by atoms with van der Waals surface area (Å²) in [5.41, 5.74) is 0. The Balaban J connectivity index is 4.30. The summed E-state index contributed by atoms with van der Waals surface area (Å²) in [6.07, 6.45) is 0.519. The van der Waals surface area contributed by atoms with Crippen molar-refractivity contribution in [1.29, 1.82) is 0 Å². The molecule has 0 heterocycles. The smallest absolute Gasteiger partial charge is 0.218 e. The van der Waals surface area contributed by atoms with Gasteiger partial charge in [0.05, 0.1) is 0 Å². The Morgan fingerprint density at radius 3 is 1.50 bits per heavy atom. The van der Waals surface area contributed by atoms with Gasteiger partial charge in [-0.3, -0.25) is 4.90 Å². The Bertz CT molecular complexity index is 116. The highest BCUT2D eigenvalue weighted by molar-refractivity contribution is 6.52. The molecule has 0 aromatic carbocycles. The van der Waals surface area contributed by atoms with Gasteiger partial charge in [-0.15, -0.1) is 0 Å². The van der Waals surface area contributed by atoms with E-state index in [0.29, 0.717) is 19.1 Å². The van der Waals surface area contributed by atoms with Crippen molar-refractivity contribution in [1.82, 2.24) is 9.71 Å². The van der Waals surface area contributed by atoms with E-state index in [0.717, 1.165) is 0 Å². The molecule has 2 nitrogen and oxygen atoms in total. The average Bonchev–Trinajstić information content (AvgIpc) is 1.85. The third-order valence-corrected chi connectivity index (χ3v) is 2.37. The lowest BCUT2D eigenvalue weighted by molar-refractivity contribution is 0.143. The van der Waals surface area contributed by atoms with Crippen molar-refractivity contribution >= 4 is 6.85 Å². The molecule has 0 aliphatic rings. The zero-order valence-electron chi connectivity index (χ0n) is 9.63. The molecule has 0 spiro atoms. The monoisotopic (exact) mass is 170 g/mol. The van der Waals surface area contributed by atoms with Crippen LogP contribution >= 0.6 is 0 Å². The number of nitrogens with zero attached hydrogens (tertiary/aromatic N) is 2. The van der Waals surface area contributed by atoms with Crippen LogP contribution in [0.5, 0.6) is 0 Å². The molecule has 0 rings (SSSR count). The highest BCUT2D eigenvalue weighted by Gasteiger charge is 2.22. The van der Waals surface area contributed by atoms with Crippen LogP contribution in [0.15, 0.2) is 0 Å². The molecule has 0 radical (unpaired) electrons. The standard InChI is InChI=1S/C9H23BN2/c1-8(2)12(10(4)5)9(3)11(6)7/h8-9H,1-7H3. The van der Waals surface area contributed by atoms with E-state index < -0.39 is 0 Å². The van der Waals surface area contributed by atoms with Gasteiger partial charge in [0, 0.05) is 6.17 Å². The van der Waals surface area contributed by atoms with Crippen molar-refractivity contribution in [3.63, 3.8) is 0 Å². The van der Waals surface area contributed by atoms with Crippen LogP contribution in [0.2, 0.25) is 13.6 Å². The van der Waals surface area contributed by atoms with Gasteiger partial charge in [0.25, 0.3) is 0 Å². The fourth-order valence-electron chi connectivity index (χ4n) is 1.73. The van der Waals surface area contributed by atoms with Gasteiger partial charge in [-0.1, -0.05) is 27.5 Å². The summed E-state index contributed by atoms with van der Waals surface area (Å²) >= 11 is 0. The van der Waals surface area contributed by atoms with Crippen LogP contribution in [-0.2, 0) is 0 Å². The Labute approximate surface area is 78.0 Å². The molecule has 0 aromatic heterocycles. The Kier molecular flexibility index (Phi) is 4.87. The van der Waals surface area contributed by atoms with Gasteiger partial charge in [0.2, 0.25) is 6.85 Å². The zero-order chi connectivity index (χ0) is 9.89. The minimum absolute atomic E-state index is 0.519. The molecular weight excluding hydrogens is 147 g/mol. The minimum atomic E-state index is 0.519. The van der Waals surface area contributed by atoms with Crippen molar-refractivity contribution in [3.8, 4) is 0 Å². The molecule has 0 aliphatic heterocycles. The van der Waals surface area contributed by atoms with Crippen molar-refractivity contribution in [2.75, 3.05) is 14.1 Å². The highest BCUT2D eigenvalue weighted by Crippen LogP contribution is 2.09. The first kappa shape index (κ1) is 12.0. The van der Waals surface area contributed by atoms with Gasteiger partial charge < -0.3 is 4.81 Å². The second-order valence-corrected chi connectivity index (χ2v) is 4.23. The lowest BCUT2D eigenvalue weighted by atomic mass is 9.65. The van der Waals surface area contributed by atoms with Crippen LogP contribution in [0.1, 0.15) is 20.8 Å². The van der Waals surface area contributed by atoms with Crippen molar-refractivity contribution in [2.45, 2.75) is 46.6 Å². The first-order valence-electron chi connectivity index (χ1n) is 4.81. The SMILES string of the molecule is CB(C)N(C(C)C)C(C)N(C)C. The lowest BCUT2D eigenvalue weighted by Crippen LogP contribution is -2.52. The molecule has 0 saturated carbocycles. The predicted molar refractivity (Wildman–Crippen MR) is 57.6 cm³/mol. The first-order valence-corrected chi connectivity index (χ1v) is 4.81. The van der Waals surface area contributed by atoms with Gasteiger partial charge in [0.1, 0.15) is 0 Å². The Hall–Kier alpha value is -0.0151. The number of hydrogen-bond acceptors (Lipinski definition) is 2. The van der Waals surface area contributed by atoms with E-state index in [2.05, 4.69) is 58.2 Å². The van der Waals surface area contributed by atoms with E-state index in [1.54, 1.807) is 0 Å². The second-order valence-electron chi connectivity index (χ2n) is 4.23. The summed E-state index contributed by atoms with van der Waals surface area (Å²) in [4.78, 5) is 4.75. The molecular formula is C9H23BN2. The predicted octanol–water partition coefficient (Wildman–Crippen LogP) is 1.86. The van der Waals surface area contributed by atoms with E-state index in [1.165, 1.54) is 0 Å². The molecule has 3 heteroatoms. The van der Waals surface area contributed by atoms with Crippen molar-refractivity contribution in [2.24, 2.45) is 0 Å². The minimum Gasteiger partial charge on any atom is -0.326 e. The van der Waals surface area contributed by atoms with Crippen molar-refractivity contribution < 1.29 is 0 Å². The van der Waals surface area contributed by atoms with E-state index in [-0.39, 0.29) is 0 Å². The molecule has 0 N–H and O–H groups in total. The second kappa shape index (κ2) is 4.88. The molecule has 0 aromatic rings. The third kappa shape index (κ3) is 3.15. The van der Waals surface area contributed by atoms with Gasteiger partial charge in [-0.05, 0) is 27.1 Å². The summed E-state index contributed by atoms with van der Waals surface area (Å²) in [5, 5.41) is 0. The molecule has 12 heavy (non-hydrogen) atoms. The first-order chi connectivity index (χ1) is 5.37. The largest absolute Gasteiger partial charge is 0.326 e.